The van der Waals surface area contributed by atoms with Gasteiger partial charge in [-0.3, -0.25) is 4.79 Å². The van der Waals surface area contributed by atoms with Crippen LogP contribution in [0.4, 0.5) is 5.69 Å². The quantitative estimate of drug-likeness (QED) is 0.606. The number of sulfonamides is 1. The molecular weight excluding hydrogens is 432 g/mol. The summed E-state index contributed by atoms with van der Waals surface area (Å²) in [5, 5.41) is 2.59. The fourth-order valence-corrected chi connectivity index (χ4v) is 4.83. The van der Waals surface area contributed by atoms with Crippen molar-refractivity contribution in [1.82, 2.24) is 4.31 Å². The molecule has 2 aromatic carbocycles. The third kappa shape index (κ3) is 6.30. The van der Waals surface area contributed by atoms with Crippen LogP contribution in [0.15, 0.2) is 53.4 Å². The maximum absolute atomic E-state index is 12.7. The van der Waals surface area contributed by atoms with E-state index in [-0.39, 0.29) is 11.0 Å². The number of anilines is 1. The Morgan fingerprint density at radius 2 is 1.59 bits per heavy atom. The number of carbonyl (C=O) groups is 2. The Hall–Kier alpha value is -2.91. The van der Waals surface area contributed by atoms with Gasteiger partial charge in [0.25, 0.3) is 5.91 Å². The van der Waals surface area contributed by atoms with Gasteiger partial charge in [0.2, 0.25) is 10.0 Å². The SMILES string of the molecule is CC(C)Oc1ccc(C(=O)OCC(=O)Nc2ccc(S(=O)(=O)N3CCCCC3)cc2)cc1. The van der Waals surface area contributed by atoms with Crippen LogP contribution in [-0.4, -0.2) is 50.4 Å². The van der Waals surface area contributed by atoms with E-state index >= 15 is 0 Å². The molecule has 1 aliphatic heterocycles. The van der Waals surface area contributed by atoms with Crippen molar-refractivity contribution in [2.24, 2.45) is 0 Å². The summed E-state index contributed by atoms with van der Waals surface area (Å²) in [6, 6.07) is 12.4. The maximum atomic E-state index is 12.7. The number of benzene rings is 2. The van der Waals surface area contributed by atoms with Crippen molar-refractivity contribution in [3.05, 3.63) is 54.1 Å². The molecule has 1 amide bonds. The Balaban J connectivity index is 1.51. The van der Waals surface area contributed by atoms with Crippen LogP contribution in [0.2, 0.25) is 0 Å². The largest absolute Gasteiger partial charge is 0.491 e. The molecule has 0 aliphatic carbocycles. The minimum Gasteiger partial charge on any atom is -0.491 e. The number of nitrogens with one attached hydrogen (secondary N) is 1. The van der Waals surface area contributed by atoms with Crippen molar-refractivity contribution in [3.8, 4) is 5.75 Å². The topological polar surface area (TPSA) is 102 Å². The highest BCUT2D eigenvalue weighted by molar-refractivity contribution is 7.89. The van der Waals surface area contributed by atoms with Crippen LogP contribution >= 0.6 is 0 Å². The van der Waals surface area contributed by atoms with E-state index in [4.69, 9.17) is 9.47 Å². The van der Waals surface area contributed by atoms with Gasteiger partial charge in [-0.2, -0.15) is 4.31 Å². The van der Waals surface area contributed by atoms with Gasteiger partial charge in [-0.15, -0.1) is 0 Å². The number of ether oxygens (including phenoxy) is 2. The van der Waals surface area contributed by atoms with Crippen LogP contribution in [-0.2, 0) is 19.6 Å². The van der Waals surface area contributed by atoms with Crippen molar-refractivity contribution < 1.29 is 27.5 Å². The number of carbonyl (C=O) groups excluding carboxylic acids is 2. The molecule has 0 unspecified atom stereocenters. The zero-order chi connectivity index (χ0) is 23.1. The number of piperidine rings is 1. The lowest BCUT2D eigenvalue weighted by molar-refractivity contribution is -0.119. The fourth-order valence-electron chi connectivity index (χ4n) is 3.32. The predicted octanol–water partition coefficient (Wildman–Crippen LogP) is 3.44. The minimum absolute atomic E-state index is 0.0236. The molecule has 0 aromatic heterocycles. The fraction of sp³-hybridized carbons (Fsp3) is 0.391. The molecule has 1 saturated heterocycles. The Morgan fingerprint density at radius 3 is 2.19 bits per heavy atom. The van der Waals surface area contributed by atoms with E-state index in [1.54, 1.807) is 24.3 Å². The molecule has 1 fully saturated rings. The summed E-state index contributed by atoms with van der Waals surface area (Å²) in [5.74, 6) is -0.510. The first kappa shape index (κ1) is 23.7. The number of nitrogens with zero attached hydrogens (tertiary/aromatic N) is 1. The molecule has 0 bridgehead atoms. The molecule has 0 radical (unpaired) electrons. The van der Waals surface area contributed by atoms with Crippen LogP contribution in [0.3, 0.4) is 0 Å². The molecule has 9 heteroatoms. The number of hydrogen-bond acceptors (Lipinski definition) is 6. The van der Waals surface area contributed by atoms with Crippen LogP contribution in [0.5, 0.6) is 5.75 Å². The van der Waals surface area contributed by atoms with Crippen molar-refractivity contribution >= 4 is 27.6 Å². The van der Waals surface area contributed by atoms with Crippen LogP contribution in [0, 0.1) is 0 Å². The third-order valence-electron chi connectivity index (χ3n) is 4.89. The monoisotopic (exact) mass is 460 g/mol. The summed E-state index contributed by atoms with van der Waals surface area (Å²) in [6.45, 7) is 4.40. The normalized spacial score (nSPS) is 14.7. The molecule has 1 N–H and O–H groups in total. The Bertz CT molecular complexity index is 1030. The van der Waals surface area contributed by atoms with Crippen LogP contribution in [0.25, 0.3) is 0 Å². The van der Waals surface area contributed by atoms with Crippen molar-refractivity contribution in [3.63, 3.8) is 0 Å². The number of amides is 1. The van der Waals surface area contributed by atoms with Crippen molar-refractivity contribution in [1.29, 1.82) is 0 Å². The molecular formula is C23H28N2O6S. The smallest absolute Gasteiger partial charge is 0.338 e. The summed E-state index contributed by atoms with van der Waals surface area (Å²) in [7, 11) is -3.53. The van der Waals surface area contributed by atoms with Crippen LogP contribution in [0.1, 0.15) is 43.5 Å². The van der Waals surface area contributed by atoms with Crippen molar-refractivity contribution in [2.75, 3.05) is 25.0 Å². The van der Waals surface area contributed by atoms with Gasteiger partial charge < -0.3 is 14.8 Å². The summed E-state index contributed by atoms with van der Waals surface area (Å²) >= 11 is 0. The molecule has 0 saturated carbocycles. The Kier molecular flexibility index (Phi) is 7.87. The standard InChI is InChI=1S/C23H28N2O6S/c1-17(2)31-20-10-6-18(7-11-20)23(27)30-16-22(26)24-19-8-12-21(13-9-19)32(28,29)25-14-4-3-5-15-25/h6-13,17H,3-5,14-16H2,1-2H3,(H,24,26). The van der Waals surface area contributed by atoms with Gasteiger partial charge in [-0.1, -0.05) is 6.42 Å². The Labute approximate surface area is 188 Å². The average Bonchev–Trinajstić information content (AvgIpc) is 2.78. The van der Waals surface area contributed by atoms with E-state index in [0.717, 1.165) is 19.3 Å². The molecule has 3 rings (SSSR count). The van der Waals surface area contributed by atoms with Gasteiger partial charge >= 0.3 is 5.97 Å². The van der Waals surface area contributed by atoms with Crippen LogP contribution < -0.4 is 10.1 Å². The van der Waals surface area contributed by atoms with E-state index in [1.165, 1.54) is 28.6 Å². The first-order valence-corrected chi connectivity index (χ1v) is 12.0. The van der Waals surface area contributed by atoms with E-state index < -0.39 is 28.5 Å². The highest BCUT2D eigenvalue weighted by Gasteiger charge is 2.25. The maximum Gasteiger partial charge on any atom is 0.338 e. The second-order valence-corrected chi connectivity index (χ2v) is 9.74. The van der Waals surface area contributed by atoms with Gasteiger partial charge in [-0.05, 0) is 75.2 Å². The molecule has 0 spiro atoms. The number of rotatable bonds is 8. The first-order chi connectivity index (χ1) is 15.3. The summed E-state index contributed by atoms with van der Waals surface area (Å²) < 4.78 is 37.4. The second kappa shape index (κ2) is 10.6. The highest BCUT2D eigenvalue weighted by atomic mass is 32.2. The zero-order valence-electron chi connectivity index (χ0n) is 18.2. The molecule has 1 heterocycles. The van der Waals surface area contributed by atoms with Gasteiger partial charge in [-0.25, -0.2) is 13.2 Å². The molecule has 172 valence electrons. The lowest BCUT2D eigenvalue weighted by atomic mass is 10.2. The van der Waals surface area contributed by atoms with Crippen molar-refractivity contribution in [2.45, 2.75) is 44.1 Å². The zero-order valence-corrected chi connectivity index (χ0v) is 19.1. The molecule has 1 aliphatic rings. The second-order valence-electron chi connectivity index (χ2n) is 7.80. The van der Waals surface area contributed by atoms with Gasteiger partial charge in [0.15, 0.2) is 6.61 Å². The van der Waals surface area contributed by atoms with Gasteiger partial charge in [0.05, 0.1) is 16.6 Å². The molecule has 0 atom stereocenters. The van der Waals surface area contributed by atoms with E-state index in [0.29, 0.717) is 30.1 Å². The van der Waals surface area contributed by atoms with E-state index in [9.17, 15) is 18.0 Å². The summed E-state index contributed by atoms with van der Waals surface area (Å²) in [6.07, 6.45) is 2.79. The number of esters is 1. The predicted molar refractivity (Wildman–Crippen MR) is 120 cm³/mol. The summed E-state index contributed by atoms with van der Waals surface area (Å²) in [4.78, 5) is 24.4. The molecule has 32 heavy (non-hydrogen) atoms. The molecule has 2 aromatic rings. The molecule has 8 nitrogen and oxygen atoms in total. The lowest BCUT2D eigenvalue weighted by Gasteiger charge is -2.25. The third-order valence-corrected chi connectivity index (χ3v) is 6.80. The minimum atomic E-state index is -3.53. The lowest BCUT2D eigenvalue weighted by Crippen LogP contribution is -2.35. The van der Waals surface area contributed by atoms with E-state index in [2.05, 4.69) is 5.32 Å². The van der Waals surface area contributed by atoms with Gasteiger partial charge in [0, 0.05) is 18.8 Å². The van der Waals surface area contributed by atoms with E-state index in [1.807, 2.05) is 13.8 Å². The highest BCUT2D eigenvalue weighted by Crippen LogP contribution is 2.22. The average molecular weight is 461 g/mol. The first-order valence-electron chi connectivity index (χ1n) is 10.6. The number of hydrogen-bond donors (Lipinski definition) is 1. The summed E-state index contributed by atoms with van der Waals surface area (Å²) in [5.41, 5.74) is 0.722. The van der Waals surface area contributed by atoms with Gasteiger partial charge in [0.1, 0.15) is 5.75 Å². The Morgan fingerprint density at radius 1 is 0.969 bits per heavy atom.